The quantitative estimate of drug-likeness (QED) is 0.169. The molecular weight excluding hydrogens is 529 g/mol. The van der Waals surface area contributed by atoms with Gasteiger partial charge in [0.05, 0.1) is 6.54 Å². The Hall–Kier alpha value is -4.13. The van der Waals surface area contributed by atoms with Crippen LogP contribution in [0, 0.1) is 12.7 Å². The topological polar surface area (TPSA) is 45.2 Å². The lowest BCUT2D eigenvalue weighted by atomic mass is 9.88. The van der Waals surface area contributed by atoms with E-state index in [-0.39, 0.29) is 17.6 Å². The highest BCUT2D eigenvalue weighted by atomic mass is 32.1. The number of aryl methyl sites for hydroxylation is 1. The maximum Gasteiger partial charge on any atom is 0.271 e. The van der Waals surface area contributed by atoms with E-state index in [0.717, 1.165) is 30.1 Å². The zero-order chi connectivity index (χ0) is 28.4. The molecule has 0 unspecified atom stereocenters. The highest BCUT2D eigenvalue weighted by molar-refractivity contribution is 7.09. The molecule has 4 nitrogen and oxygen atoms in total. The Morgan fingerprint density at radius 2 is 1.44 bits per heavy atom. The van der Waals surface area contributed by atoms with E-state index in [4.69, 9.17) is 0 Å². The van der Waals surface area contributed by atoms with Crippen molar-refractivity contribution in [1.82, 2.24) is 15.2 Å². The first-order valence-electron chi connectivity index (χ1n) is 13.9. The first-order chi connectivity index (χ1) is 20.0. The van der Waals surface area contributed by atoms with E-state index in [1.54, 1.807) is 12.1 Å². The van der Waals surface area contributed by atoms with E-state index in [0.29, 0.717) is 18.8 Å². The largest absolute Gasteiger partial charge is 0.347 e. The van der Waals surface area contributed by atoms with Crippen LogP contribution in [0.2, 0.25) is 0 Å². The normalized spacial score (nSPS) is 11.2. The van der Waals surface area contributed by atoms with Gasteiger partial charge in [-0.2, -0.15) is 0 Å². The molecular formula is C35H34FN3OS. The highest BCUT2D eigenvalue weighted by Crippen LogP contribution is 2.29. The molecule has 0 saturated carbocycles. The summed E-state index contributed by atoms with van der Waals surface area (Å²) in [4.78, 5) is 19.9. The smallest absolute Gasteiger partial charge is 0.271 e. The van der Waals surface area contributed by atoms with E-state index in [1.807, 2.05) is 5.38 Å². The van der Waals surface area contributed by atoms with Crippen LogP contribution in [0.25, 0.3) is 0 Å². The molecule has 0 aliphatic heterocycles. The third kappa shape index (κ3) is 8.19. The molecule has 41 heavy (non-hydrogen) atoms. The zero-order valence-electron chi connectivity index (χ0n) is 23.2. The van der Waals surface area contributed by atoms with Crippen molar-refractivity contribution in [3.8, 4) is 0 Å². The maximum absolute atomic E-state index is 13.2. The summed E-state index contributed by atoms with van der Waals surface area (Å²) < 4.78 is 13.2. The Balaban J connectivity index is 1.29. The van der Waals surface area contributed by atoms with Gasteiger partial charge in [0, 0.05) is 24.4 Å². The van der Waals surface area contributed by atoms with E-state index in [2.05, 4.69) is 107 Å². The standard InChI is InChI=1S/C35H34FN3OS/c1-26-12-14-28(15-13-26)23-39(21-20-32(29-8-4-2-5-9-29)30-10-6-3-7-11-30)24-34-38-33(25-41-34)35(40)37-22-27-16-18-31(36)19-17-27/h2-19,25,32H,20-24H2,1H3,(H,37,40). The number of halogens is 1. The van der Waals surface area contributed by atoms with Gasteiger partial charge in [0.15, 0.2) is 0 Å². The lowest BCUT2D eigenvalue weighted by Crippen LogP contribution is -2.26. The van der Waals surface area contributed by atoms with E-state index < -0.39 is 0 Å². The van der Waals surface area contributed by atoms with Crippen molar-refractivity contribution in [3.63, 3.8) is 0 Å². The van der Waals surface area contributed by atoms with Crippen molar-refractivity contribution in [2.45, 2.75) is 38.9 Å². The van der Waals surface area contributed by atoms with Crippen LogP contribution >= 0.6 is 11.3 Å². The van der Waals surface area contributed by atoms with Crippen molar-refractivity contribution < 1.29 is 9.18 Å². The van der Waals surface area contributed by atoms with Crippen LogP contribution in [0.1, 0.15) is 55.7 Å². The van der Waals surface area contributed by atoms with E-state index >= 15 is 0 Å². The van der Waals surface area contributed by atoms with Crippen LogP contribution in [-0.2, 0) is 19.6 Å². The van der Waals surface area contributed by atoms with Crippen molar-refractivity contribution in [2.75, 3.05) is 6.54 Å². The molecule has 0 saturated heterocycles. The van der Waals surface area contributed by atoms with Gasteiger partial charge in [0.25, 0.3) is 5.91 Å². The average molecular weight is 564 g/mol. The predicted molar refractivity (Wildman–Crippen MR) is 164 cm³/mol. The lowest BCUT2D eigenvalue weighted by Gasteiger charge is -2.25. The first kappa shape index (κ1) is 28.4. The number of hydrogen-bond donors (Lipinski definition) is 1. The minimum atomic E-state index is -0.293. The summed E-state index contributed by atoms with van der Waals surface area (Å²) in [6, 6.07) is 36.2. The summed E-state index contributed by atoms with van der Waals surface area (Å²) >= 11 is 1.51. The molecule has 1 heterocycles. The van der Waals surface area contributed by atoms with Gasteiger partial charge in [-0.05, 0) is 54.3 Å². The van der Waals surface area contributed by atoms with Crippen molar-refractivity contribution in [3.05, 3.63) is 159 Å². The molecule has 1 N–H and O–H groups in total. The summed E-state index contributed by atoms with van der Waals surface area (Å²) in [5.74, 6) is -0.240. The number of carbonyl (C=O) groups excluding carboxylic acids is 1. The van der Waals surface area contributed by atoms with Gasteiger partial charge in [0.1, 0.15) is 16.5 Å². The fraction of sp³-hybridized carbons (Fsp3) is 0.200. The van der Waals surface area contributed by atoms with Gasteiger partial charge in [-0.15, -0.1) is 11.3 Å². The number of benzene rings is 4. The molecule has 0 spiro atoms. The zero-order valence-corrected chi connectivity index (χ0v) is 24.0. The van der Waals surface area contributed by atoms with Gasteiger partial charge >= 0.3 is 0 Å². The van der Waals surface area contributed by atoms with Gasteiger partial charge in [-0.1, -0.05) is 103 Å². The summed E-state index contributed by atoms with van der Waals surface area (Å²) in [5.41, 5.74) is 6.36. The van der Waals surface area contributed by atoms with Crippen molar-refractivity contribution >= 4 is 17.2 Å². The van der Waals surface area contributed by atoms with Crippen LogP contribution in [0.3, 0.4) is 0 Å². The Morgan fingerprint density at radius 3 is 2.07 bits per heavy atom. The number of aromatic nitrogens is 1. The Morgan fingerprint density at radius 1 is 0.829 bits per heavy atom. The molecule has 0 bridgehead atoms. The van der Waals surface area contributed by atoms with Crippen LogP contribution < -0.4 is 5.32 Å². The average Bonchev–Trinajstić information content (AvgIpc) is 3.47. The number of rotatable bonds is 12. The summed E-state index contributed by atoms with van der Waals surface area (Å²) in [6.45, 7) is 4.74. The van der Waals surface area contributed by atoms with Gasteiger partial charge in [-0.3, -0.25) is 9.69 Å². The number of nitrogens with one attached hydrogen (secondary N) is 1. The van der Waals surface area contributed by atoms with Crippen LogP contribution in [0.5, 0.6) is 0 Å². The maximum atomic E-state index is 13.2. The molecule has 0 fully saturated rings. The molecule has 4 aromatic carbocycles. The summed E-state index contributed by atoms with van der Waals surface area (Å²) in [7, 11) is 0. The minimum Gasteiger partial charge on any atom is -0.347 e. The molecule has 5 rings (SSSR count). The minimum absolute atomic E-state index is 0.227. The Bertz CT molecular complexity index is 1480. The SMILES string of the molecule is Cc1ccc(CN(CCC(c2ccccc2)c2ccccc2)Cc2nc(C(=O)NCc3ccc(F)cc3)cs2)cc1. The molecule has 1 aromatic heterocycles. The number of hydrogen-bond acceptors (Lipinski definition) is 4. The molecule has 0 aliphatic carbocycles. The van der Waals surface area contributed by atoms with Gasteiger partial charge in [-0.25, -0.2) is 9.37 Å². The third-order valence-electron chi connectivity index (χ3n) is 7.17. The second-order valence-corrected chi connectivity index (χ2v) is 11.2. The number of amides is 1. The molecule has 1 amide bonds. The van der Waals surface area contributed by atoms with Crippen LogP contribution in [0.15, 0.2) is 115 Å². The fourth-order valence-corrected chi connectivity index (χ4v) is 5.74. The summed E-state index contributed by atoms with van der Waals surface area (Å²) in [6.07, 6.45) is 0.955. The molecule has 208 valence electrons. The Labute approximate surface area is 245 Å². The Kier molecular flexibility index (Phi) is 9.68. The molecule has 0 radical (unpaired) electrons. The van der Waals surface area contributed by atoms with E-state index in [9.17, 15) is 9.18 Å². The third-order valence-corrected chi connectivity index (χ3v) is 8.01. The van der Waals surface area contributed by atoms with Crippen molar-refractivity contribution in [2.24, 2.45) is 0 Å². The highest BCUT2D eigenvalue weighted by Gasteiger charge is 2.18. The van der Waals surface area contributed by atoms with Gasteiger partial charge in [0.2, 0.25) is 0 Å². The number of carbonyl (C=O) groups is 1. The van der Waals surface area contributed by atoms with Crippen molar-refractivity contribution in [1.29, 1.82) is 0 Å². The lowest BCUT2D eigenvalue weighted by molar-refractivity contribution is 0.0946. The predicted octanol–water partition coefficient (Wildman–Crippen LogP) is 7.75. The molecule has 5 aromatic rings. The number of thiazole rings is 1. The molecule has 0 atom stereocenters. The molecule has 6 heteroatoms. The van der Waals surface area contributed by atoms with E-state index in [1.165, 1.54) is 45.7 Å². The second kappa shape index (κ2) is 14.0. The second-order valence-electron chi connectivity index (χ2n) is 10.3. The van der Waals surface area contributed by atoms with Crippen LogP contribution in [-0.4, -0.2) is 22.3 Å². The van der Waals surface area contributed by atoms with Gasteiger partial charge < -0.3 is 5.32 Å². The summed E-state index contributed by atoms with van der Waals surface area (Å²) in [5, 5.41) is 5.61. The molecule has 0 aliphatic rings. The monoisotopic (exact) mass is 563 g/mol. The fourth-order valence-electron chi connectivity index (χ4n) is 4.93. The number of nitrogens with zero attached hydrogens (tertiary/aromatic N) is 2. The first-order valence-corrected chi connectivity index (χ1v) is 14.8. The van der Waals surface area contributed by atoms with Crippen LogP contribution in [0.4, 0.5) is 4.39 Å².